The van der Waals surface area contributed by atoms with Gasteiger partial charge < -0.3 is 9.88 Å². The van der Waals surface area contributed by atoms with Crippen LogP contribution in [0.2, 0.25) is 0 Å². The van der Waals surface area contributed by atoms with Gasteiger partial charge in [0.05, 0.1) is 6.20 Å². The van der Waals surface area contributed by atoms with E-state index >= 15 is 0 Å². The lowest BCUT2D eigenvalue weighted by Crippen LogP contribution is -2.13. The monoisotopic (exact) mass is 292 g/mol. The third-order valence-corrected chi connectivity index (χ3v) is 3.37. The van der Waals surface area contributed by atoms with Crippen LogP contribution in [0.3, 0.4) is 0 Å². The summed E-state index contributed by atoms with van der Waals surface area (Å²) in [6.07, 6.45) is 6.99. The van der Waals surface area contributed by atoms with Crippen molar-refractivity contribution in [1.29, 1.82) is 0 Å². The van der Waals surface area contributed by atoms with Gasteiger partial charge in [0.2, 0.25) is 0 Å². The molecule has 17 heavy (non-hydrogen) atoms. The molecule has 2 aromatic rings. The van der Waals surface area contributed by atoms with E-state index in [1.807, 2.05) is 17.8 Å². The standard InChI is InChI=1S/C10H12N4S.2ClH/c1-2-11-6-9(1)14-4-3-12-10(14)8-5-13-15-7-8;;/h3-5,7,9,11H,1-2,6H2;2*1H/t9-;;/m1../s1. The van der Waals surface area contributed by atoms with Crippen LogP contribution in [0.1, 0.15) is 12.5 Å². The Morgan fingerprint density at radius 1 is 1.41 bits per heavy atom. The molecule has 2 aromatic heterocycles. The first-order chi connectivity index (χ1) is 7.45. The fourth-order valence-electron chi connectivity index (χ4n) is 2.02. The second-order valence-corrected chi connectivity index (χ2v) is 4.38. The number of imidazole rings is 1. The van der Waals surface area contributed by atoms with Crippen LogP contribution in [0.25, 0.3) is 11.4 Å². The van der Waals surface area contributed by atoms with Crippen LogP contribution in [0, 0.1) is 0 Å². The molecular weight excluding hydrogens is 279 g/mol. The van der Waals surface area contributed by atoms with Crippen LogP contribution >= 0.6 is 36.3 Å². The molecule has 1 aliphatic heterocycles. The molecule has 0 bridgehead atoms. The summed E-state index contributed by atoms with van der Waals surface area (Å²) in [5.74, 6) is 1.04. The molecule has 0 radical (unpaired) electrons. The fourth-order valence-corrected chi connectivity index (χ4v) is 2.54. The molecule has 1 saturated heterocycles. The Labute approximate surface area is 116 Å². The second-order valence-electron chi connectivity index (χ2n) is 3.72. The lowest BCUT2D eigenvalue weighted by Gasteiger charge is -2.13. The Hall–Kier alpha value is -0.620. The molecule has 0 saturated carbocycles. The first-order valence-corrected chi connectivity index (χ1v) is 5.92. The highest BCUT2D eigenvalue weighted by atomic mass is 35.5. The highest BCUT2D eigenvalue weighted by molar-refractivity contribution is 7.03. The minimum absolute atomic E-state index is 0. The first-order valence-electron chi connectivity index (χ1n) is 5.08. The molecule has 4 nitrogen and oxygen atoms in total. The van der Waals surface area contributed by atoms with E-state index in [2.05, 4.69) is 25.4 Å². The van der Waals surface area contributed by atoms with Crippen molar-refractivity contribution in [2.75, 3.05) is 13.1 Å². The molecule has 1 atom stereocenters. The topological polar surface area (TPSA) is 42.7 Å². The maximum Gasteiger partial charge on any atom is 0.142 e. The smallest absolute Gasteiger partial charge is 0.142 e. The van der Waals surface area contributed by atoms with E-state index < -0.39 is 0 Å². The van der Waals surface area contributed by atoms with Gasteiger partial charge in [0.15, 0.2) is 0 Å². The first kappa shape index (κ1) is 14.4. The average Bonchev–Trinajstić information content (AvgIpc) is 3.01. The summed E-state index contributed by atoms with van der Waals surface area (Å²) in [7, 11) is 0. The number of hydrogen-bond donors (Lipinski definition) is 1. The summed E-state index contributed by atoms with van der Waals surface area (Å²) in [5.41, 5.74) is 1.12. The van der Waals surface area contributed by atoms with Crippen molar-refractivity contribution in [1.82, 2.24) is 19.2 Å². The quantitative estimate of drug-likeness (QED) is 0.924. The maximum absolute atomic E-state index is 4.41. The van der Waals surface area contributed by atoms with Crippen molar-refractivity contribution in [3.8, 4) is 11.4 Å². The molecule has 94 valence electrons. The van der Waals surface area contributed by atoms with E-state index in [4.69, 9.17) is 0 Å². The molecule has 3 heterocycles. The molecule has 7 heteroatoms. The molecule has 0 aromatic carbocycles. The van der Waals surface area contributed by atoms with Crippen molar-refractivity contribution in [2.24, 2.45) is 0 Å². The molecule has 1 N–H and O–H groups in total. The van der Waals surface area contributed by atoms with Gasteiger partial charge in [-0.2, -0.15) is 0 Å². The number of nitrogens with one attached hydrogen (secondary N) is 1. The molecular formula is C10H14Cl2N4S. The zero-order valence-corrected chi connectivity index (χ0v) is 11.5. The second kappa shape index (κ2) is 6.35. The number of halogens is 2. The number of nitrogens with zero attached hydrogens (tertiary/aromatic N) is 3. The van der Waals surface area contributed by atoms with Gasteiger partial charge in [-0.15, -0.1) is 24.8 Å². The van der Waals surface area contributed by atoms with Gasteiger partial charge in [0.25, 0.3) is 0 Å². The van der Waals surface area contributed by atoms with Gasteiger partial charge in [-0.05, 0) is 24.5 Å². The summed E-state index contributed by atoms with van der Waals surface area (Å²) in [6.45, 7) is 2.14. The van der Waals surface area contributed by atoms with Gasteiger partial charge in [0.1, 0.15) is 5.82 Å². The molecule has 0 unspecified atom stereocenters. The largest absolute Gasteiger partial charge is 0.327 e. The van der Waals surface area contributed by atoms with Crippen molar-refractivity contribution in [2.45, 2.75) is 12.5 Å². The molecule has 0 aliphatic carbocycles. The normalized spacial score (nSPS) is 18.5. The van der Waals surface area contributed by atoms with E-state index in [0.29, 0.717) is 6.04 Å². The molecule has 0 amide bonds. The summed E-state index contributed by atoms with van der Waals surface area (Å²) in [5, 5.41) is 5.41. The number of rotatable bonds is 2. The highest BCUT2D eigenvalue weighted by Gasteiger charge is 2.19. The van der Waals surface area contributed by atoms with E-state index in [-0.39, 0.29) is 24.8 Å². The third kappa shape index (κ3) is 2.80. The van der Waals surface area contributed by atoms with Gasteiger partial charge >= 0.3 is 0 Å². The van der Waals surface area contributed by atoms with Crippen LogP contribution in [-0.2, 0) is 0 Å². The number of aromatic nitrogens is 3. The van der Waals surface area contributed by atoms with Crippen molar-refractivity contribution >= 4 is 36.3 Å². The van der Waals surface area contributed by atoms with E-state index in [0.717, 1.165) is 24.5 Å². The van der Waals surface area contributed by atoms with E-state index in [1.54, 1.807) is 0 Å². The Morgan fingerprint density at radius 2 is 2.29 bits per heavy atom. The fraction of sp³-hybridized carbons (Fsp3) is 0.400. The van der Waals surface area contributed by atoms with Crippen LogP contribution in [0.15, 0.2) is 24.0 Å². The third-order valence-electron chi connectivity index (χ3n) is 2.79. The predicted octanol–water partition coefficient (Wildman–Crippen LogP) is 2.38. The van der Waals surface area contributed by atoms with Gasteiger partial charge in [-0.25, -0.2) is 9.36 Å². The minimum Gasteiger partial charge on any atom is -0.327 e. The lowest BCUT2D eigenvalue weighted by molar-refractivity contribution is 0.552. The zero-order chi connectivity index (χ0) is 10.1. The van der Waals surface area contributed by atoms with Crippen LogP contribution < -0.4 is 5.32 Å². The SMILES string of the molecule is Cl.Cl.c1cn([C@@H]2CCNC2)c(-c2cnsc2)n1. The molecule has 0 spiro atoms. The van der Waals surface area contributed by atoms with Crippen LogP contribution in [-0.4, -0.2) is 27.0 Å². The minimum atomic E-state index is 0. The van der Waals surface area contributed by atoms with Crippen molar-refractivity contribution in [3.05, 3.63) is 24.0 Å². The van der Waals surface area contributed by atoms with Crippen molar-refractivity contribution in [3.63, 3.8) is 0 Å². The molecule has 1 aliphatic rings. The van der Waals surface area contributed by atoms with Crippen LogP contribution in [0.5, 0.6) is 0 Å². The van der Waals surface area contributed by atoms with Crippen molar-refractivity contribution < 1.29 is 0 Å². The van der Waals surface area contributed by atoms with Gasteiger partial charge in [-0.1, -0.05) is 0 Å². The Kier molecular flexibility index (Phi) is 5.39. The highest BCUT2D eigenvalue weighted by Crippen LogP contribution is 2.24. The molecule has 3 rings (SSSR count). The zero-order valence-electron chi connectivity index (χ0n) is 9.07. The average molecular weight is 293 g/mol. The van der Waals surface area contributed by atoms with E-state index in [1.165, 1.54) is 18.0 Å². The maximum atomic E-state index is 4.41. The van der Waals surface area contributed by atoms with Crippen LogP contribution in [0.4, 0.5) is 0 Å². The number of hydrogen-bond acceptors (Lipinski definition) is 4. The van der Waals surface area contributed by atoms with E-state index in [9.17, 15) is 0 Å². The predicted molar refractivity (Wildman–Crippen MR) is 74.4 cm³/mol. The summed E-state index contributed by atoms with van der Waals surface area (Å²) < 4.78 is 6.37. The summed E-state index contributed by atoms with van der Waals surface area (Å²) >= 11 is 1.47. The Balaban J connectivity index is 0.000000722. The van der Waals surface area contributed by atoms with Gasteiger partial charge in [0, 0.05) is 35.9 Å². The lowest BCUT2D eigenvalue weighted by atomic mass is 10.2. The van der Waals surface area contributed by atoms with Gasteiger partial charge in [-0.3, -0.25) is 0 Å². The Morgan fingerprint density at radius 3 is 2.94 bits per heavy atom. The summed E-state index contributed by atoms with van der Waals surface area (Å²) in [6, 6.07) is 0.544. The summed E-state index contributed by atoms with van der Waals surface area (Å²) in [4.78, 5) is 4.41. The Bertz CT molecular complexity index is 437. The molecule has 1 fully saturated rings.